The van der Waals surface area contributed by atoms with Crippen molar-refractivity contribution < 1.29 is 0 Å². The van der Waals surface area contributed by atoms with E-state index in [2.05, 4.69) is 42.3 Å². The van der Waals surface area contributed by atoms with Gasteiger partial charge in [0.2, 0.25) is 0 Å². The molecule has 20 heavy (non-hydrogen) atoms. The van der Waals surface area contributed by atoms with Crippen LogP contribution in [0.5, 0.6) is 0 Å². The van der Waals surface area contributed by atoms with Crippen LogP contribution >= 0.6 is 0 Å². The van der Waals surface area contributed by atoms with E-state index in [0.717, 1.165) is 13.1 Å². The molecular weight excluding hydrogens is 248 g/mol. The summed E-state index contributed by atoms with van der Waals surface area (Å²) >= 11 is 0. The van der Waals surface area contributed by atoms with Crippen molar-refractivity contribution in [2.45, 2.75) is 58.5 Å². The van der Waals surface area contributed by atoms with Gasteiger partial charge in [0, 0.05) is 37.9 Å². The lowest BCUT2D eigenvalue weighted by Gasteiger charge is -2.32. The summed E-state index contributed by atoms with van der Waals surface area (Å²) in [6.07, 6.45) is 6.28. The highest BCUT2D eigenvalue weighted by Gasteiger charge is 2.16. The van der Waals surface area contributed by atoms with Crippen LogP contribution in [0.15, 0.2) is 6.20 Å². The van der Waals surface area contributed by atoms with Crippen LogP contribution in [0.2, 0.25) is 0 Å². The van der Waals surface area contributed by atoms with Gasteiger partial charge in [-0.2, -0.15) is 5.10 Å². The lowest BCUT2D eigenvalue weighted by atomic mass is 10.1. The predicted octanol–water partition coefficient (Wildman–Crippen LogP) is 2.51. The number of piperidine rings is 1. The Hall–Kier alpha value is -0.870. The number of nitrogens with one attached hydrogen (secondary N) is 1. The average molecular weight is 278 g/mol. The first-order chi connectivity index (χ1) is 9.58. The quantitative estimate of drug-likeness (QED) is 0.868. The lowest BCUT2D eigenvalue weighted by molar-refractivity contribution is 0.170. The second-order valence-corrected chi connectivity index (χ2v) is 6.44. The SMILES string of the molecule is CC(C)c1nn(C)cc1CNCC(C)N1CCCCC1. The minimum Gasteiger partial charge on any atom is -0.311 e. The first kappa shape index (κ1) is 15.5. The van der Waals surface area contributed by atoms with E-state index in [1.807, 2.05) is 11.7 Å². The number of aromatic nitrogens is 2. The van der Waals surface area contributed by atoms with Crippen LogP contribution in [-0.4, -0.2) is 40.4 Å². The Balaban J connectivity index is 1.80. The molecule has 0 spiro atoms. The molecule has 0 radical (unpaired) electrons. The Morgan fingerprint density at radius 1 is 1.20 bits per heavy atom. The number of nitrogens with zero attached hydrogens (tertiary/aromatic N) is 3. The average Bonchev–Trinajstić information content (AvgIpc) is 2.81. The molecule has 1 unspecified atom stereocenters. The Kier molecular flexibility index (Phi) is 5.61. The lowest BCUT2D eigenvalue weighted by Crippen LogP contribution is -2.43. The summed E-state index contributed by atoms with van der Waals surface area (Å²) in [6.45, 7) is 11.3. The second kappa shape index (κ2) is 7.23. The molecule has 1 N–H and O–H groups in total. The summed E-state index contributed by atoms with van der Waals surface area (Å²) < 4.78 is 1.93. The van der Waals surface area contributed by atoms with Crippen LogP contribution in [0.1, 0.15) is 57.2 Å². The van der Waals surface area contributed by atoms with Crippen molar-refractivity contribution in [3.05, 3.63) is 17.5 Å². The maximum Gasteiger partial charge on any atom is 0.0694 e. The molecule has 0 saturated carbocycles. The first-order valence-corrected chi connectivity index (χ1v) is 8.05. The molecule has 2 heterocycles. The number of aryl methyl sites for hydroxylation is 1. The van der Waals surface area contributed by atoms with Crippen molar-refractivity contribution in [2.24, 2.45) is 7.05 Å². The number of hydrogen-bond donors (Lipinski definition) is 1. The Bertz CT molecular complexity index is 405. The maximum atomic E-state index is 4.56. The van der Waals surface area contributed by atoms with Crippen molar-refractivity contribution in [1.29, 1.82) is 0 Å². The highest BCUT2D eigenvalue weighted by Crippen LogP contribution is 2.17. The van der Waals surface area contributed by atoms with Gasteiger partial charge in [-0.3, -0.25) is 9.58 Å². The summed E-state index contributed by atoms with van der Waals surface area (Å²) in [5.41, 5.74) is 2.57. The molecule has 1 aromatic rings. The minimum atomic E-state index is 0.493. The molecule has 2 rings (SSSR count). The molecule has 4 nitrogen and oxygen atoms in total. The molecule has 0 bridgehead atoms. The van der Waals surface area contributed by atoms with Gasteiger partial charge in [0.25, 0.3) is 0 Å². The van der Waals surface area contributed by atoms with Gasteiger partial charge in [-0.15, -0.1) is 0 Å². The fraction of sp³-hybridized carbons (Fsp3) is 0.812. The van der Waals surface area contributed by atoms with E-state index in [9.17, 15) is 0 Å². The van der Waals surface area contributed by atoms with Crippen molar-refractivity contribution in [1.82, 2.24) is 20.0 Å². The van der Waals surface area contributed by atoms with E-state index < -0.39 is 0 Å². The smallest absolute Gasteiger partial charge is 0.0694 e. The van der Waals surface area contributed by atoms with Crippen LogP contribution in [0.25, 0.3) is 0 Å². The van der Waals surface area contributed by atoms with E-state index in [1.165, 1.54) is 43.6 Å². The van der Waals surface area contributed by atoms with Crippen molar-refractivity contribution >= 4 is 0 Å². The molecule has 1 aliphatic heterocycles. The standard InChI is InChI=1S/C16H30N4/c1-13(2)16-15(12-19(4)18-16)11-17-10-14(3)20-8-6-5-7-9-20/h12-14,17H,5-11H2,1-4H3. The summed E-state index contributed by atoms with van der Waals surface area (Å²) in [7, 11) is 2.01. The van der Waals surface area contributed by atoms with Gasteiger partial charge in [-0.05, 0) is 38.8 Å². The van der Waals surface area contributed by atoms with Gasteiger partial charge in [0.05, 0.1) is 5.69 Å². The van der Waals surface area contributed by atoms with Crippen LogP contribution in [0.3, 0.4) is 0 Å². The predicted molar refractivity (Wildman–Crippen MR) is 83.9 cm³/mol. The molecule has 1 saturated heterocycles. The fourth-order valence-corrected chi connectivity index (χ4v) is 3.08. The van der Waals surface area contributed by atoms with Crippen LogP contribution in [0, 0.1) is 0 Å². The third-order valence-electron chi connectivity index (χ3n) is 4.25. The topological polar surface area (TPSA) is 33.1 Å². The summed E-state index contributed by atoms with van der Waals surface area (Å²) in [6, 6.07) is 0.634. The Labute approximate surface area is 123 Å². The van der Waals surface area contributed by atoms with Crippen molar-refractivity contribution in [2.75, 3.05) is 19.6 Å². The zero-order chi connectivity index (χ0) is 14.5. The van der Waals surface area contributed by atoms with Gasteiger partial charge < -0.3 is 5.32 Å². The van der Waals surface area contributed by atoms with Gasteiger partial charge >= 0.3 is 0 Å². The molecule has 1 atom stereocenters. The van der Waals surface area contributed by atoms with Gasteiger partial charge in [-0.1, -0.05) is 20.3 Å². The molecule has 1 aromatic heterocycles. The maximum absolute atomic E-state index is 4.56. The minimum absolute atomic E-state index is 0.493. The second-order valence-electron chi connectivity index (χ2n) is 6.44. The molecule has 1 fully saturated rings. The van der Waals surface area contributed by atoms with Gasteiger partial charge in [0.15, 0.2) is 0 Å². The fourth-order valence-electron chi connectivity index (χ4n) is 3.08. The third-order valence-corrected chi connectivity index (χ3v) is 4.25. The number of likely N-dealkylation sites (tertiary alicyclic amines) is 1. The van der Waals surface area contributed by atoms with Crippen LogP contribution < -0.4 is 5.32 Å². The largest absolute Gasteiger partial charge is 0.311 e. The van der Waals surface area contributed by atoms with E-state index in [4.69, 9.17) is 0 Å². The monoisotopic (exact) mass is 278 g/mol. The van der Waals surface area contributed by atoms with Crippen LogP contribution in [0.4, 0.5) is 0 Å². The summed E-state index contributed by atoms with van der Waals surface area (Å²) in [4.78, 5) is 2.61. The summed E-state index contributed by atoms with van der Waals surface area (Å²) in [5, 5.41) is 8.18. The Morgan fingerprint density at radius 3 is 2.55 bits per heavy atom. The summed E-state index contributed by atoms with van der Waals surface area (Å²) in [5.74, 6) is 0.493. The van der Waals surface area contributed by atoms with E-state index >= 15 is 0 Å². The third kappa shape index (κ3) is 4.06. The zero-order valence-corrected chi connectivity index (χ0v) is 13.5. The Morgan fingerprint density at radius 2 is 1.90 bits per heavy atom. The van der Waals surface area contributed by atoms with Crippen molar-refractivity contribution in [3.63, 3.8) is 0 Å². The molecule has 0 aromatic carbocycles. The van der Waals surface area contributed by atoms with Crippen LogP contribution in [-0.2, 0) is 13.6 Å². The van der Waals surface area contributed by atoms with E-state index in [0.29, 0.717) is 12.0 Å². The van der Waals surface area contributed by atoms with E-state index in [1.54, 1.807) is 0 Å². The molecule has 0 amide bonds. The molecule has 114 valence electrons. The van der Waals surface area contributed by atoms with Gasteiger partial charge in [-0.25, -0.2) is 0 Å². The molecule has 0 aliphatic carbocycles. The highest BCUT2D eigenvalue weighted by molar-refractivity contribution is 5.19. The molecular formula is C16H30N4. The number of hydrogen-bond acceptors (Lipinski definition) is 3. The first-order valence-electron chi connectivity index (χ1n) is 8.05. The van der Waals surface area contributed by atoms with Gasteiger partial charge in [0.1, 0.15) is 0 Å². The number of rotatable bonds is 6. The zero-order valence-electron chi connectivity index (χ0n) is 13.5. The van der Waals surface area contributed by atoms with Crippen molar-refractivity contribution in [3.8, 4) is 0 Å². The van der Waals surface area contributed by atoms with E-state index in [-0.39, 0.29) is 0 Å². The molecule has 4 heteroatoms. The normalized spacial score (nSPS) is 18.6. The molecule has 1 aliphatic rings. The highest BCUT2D eigenvalue weighted by atomic mass is 15.3.